The predicted molar refractivity (Wildman–Crippen MR) is 102 cm³/mol. The molecule has 2 atom stereocenters. The Kier molecular flexibility index (Phi) is 5.33. The van der Waals surface area contributed by atoms with Crippen LogP contribution in [-0.4, -0.2) is 52.4 Å². The van der Waals surface area contributed by atoms with Gasteiger partial charge in [-0.1, -0.05) is 12.1 Å². The number of ketones is 1. The smallest absolute Gasteiger partial charge is 0.169 e. The van der Waals surface area contributed by atoms with Crippen molar-refractivity contribution >= 4 is 11.4 Å². The molecule has 1 aromatic carbocycles. The van der Waals surface area contributed by atoms with Gasteiger partial charge in [0, 0.05) is 24.2 Å². The van der Waals surface area contributed by atoms with Crippen LogP contribution in [0.2, 0.25) is 0 Å². The molecule has 1 saturated carbocycles. The molecule has 1 fully saturated rings. The highest BCUT2D eigenvalue weighted by atomic mass is 19.1. The maximum absolute atomic E-state index is 13.9. The van der Waals surface area contributed by atoms with E-state index in [0.717, 1.165) is 18.4 Å². The average molecular weight is 396 g/mol. The van der Waals surface area contributed by atoms with Crippen LogP contribution in [0.5, 0.6) is 0 Å². The number of hydrogen-bond donors (Lipinski definition) is 2. The maximum atomic E-state index is 13.9. The second kappa shape index (κ2) is 7.91. The third-order valence-corrected chi connectivity index (χ3v) is 5.24. The van der Waals surface area contributed by atoms with Crippen molar-refractivity contribution in [3.63, 3.8) is 0 Å². The fourth-order valence-electron chi connectivity index (χ4n) is 3.68. The number of carbonyl (C=O) groups excluding carboxylic acids is 1. The fraction of sp³-hybridized carbons (Fsp3) is 0.364. The van der Waals surface area contributed by atoms with Gasteiger partial charge in [-0.3, -0.25) is 4.79 Å². The van der Waals surface area contributed by atoms with Crippen LogP contribution >= 0.6 is 0 Å². The molecule has 1 aliphatic heterocycles. The number of nitrogens with zero attached hydrogens (tertiary/aromatic N) is 2. The van der Waals surface area contributed by atoms with E-state index in [-0.39, 0.29) is 24.9 Å². The van der Waals surface area contributed by atoms with E-state index in [1.807, 2.05) is 11.1 Å². The predicted octanol–water partition coefficient (Wildman–Crippen LogP) is 2.06. The Morgan fingerprint density at radius 3 is 2.83 bits per heavy atom. The van der Waals surface area contributed by atoms with E-state index in [9.17, 15) is 19.6 Å². The first kappa shape index (κ1) is 19.5. The number of Topliss-reactive ketones (excluding diaryl/α,β-unsaturated/α-hetero) is 1. The Balaban J connectivity index is 1.79. The first-order valence-electron chi connectivity index (χ1n) is 9.57. The third-order valence-electron chi connectivity index (χ3n) is 5.24. The minimum Gasteiger partial charge on any atom is -0.394 e. The molecule has 0 radical (unpaired) electrons. The van der Waals surface area contributed by atoms with Crippen LogP contribution < -0.4 is 0 Å². The third kappa shape index (κ3) is 3.87. The van der Waals surface area contributed by atoms with Crippen molar-refractivity contribution < 1.29 is 24.1 Å². The molecule has 0 saturated heterocycles. The molecule has 3 aliphatic rings. The summed E-state index contributed by atoms with van der Waals surface area (Å²) in [4.78, 5) is 14.5. The monoisotopic (exact) mass is 396 g/mol. The van der Waals surface area contributed by atoms with Gasteiger partial charge in [0.05, 0.1) is 13.2 Å². The zero-order valence-corrected chi connectivity index (χ0v) is 15.7. The number of aliphatic hydroxyl groups is 2. The SMILES string of the molecule is N#CC1=C(c2cccc(F)c2)C2=CC(OCC(O)CO)C(=O)CC2=CN1C1CC1. The van der Waals surface area contributed by atoms with Gasteiger partial charge < -0.3 is 19.8 Å². The maximum Gasteiger partial charge on any atom is 0.169 e. The summed E-state index contributed by atoms with van der Waals surface area (Å²) in [7, 11) is 0. The summed E-state index contributed by atoms with van der Waals surface area (Å²) >= 11 is 0. The molecule has 0 amide bonds. The van der Waals surface area contributed by atoms with Crippen LogP contribution in [0.25, 0.3) is 5.57 Å². The van der Waals surface area contributed by atoms with Crippen molar-refractivity contribution in [1.82, 2.24) is 4.90 Å². The van der Waals surface area contributed by atoms with Crippen molar-refractivity contribution in [3.8, 4) is 6.07 Å². The summed E-state index contributed by atoms with van der Waals surface area (Å²) in [5.74, 6) is -0.576. The largest absolute Gasteiger partial charge is 0.394 e. The molecular weight excluding hydrogens is 375 g/mol. The highest BCUT2D eigenvalue weighted by Gasteiger charge is 2.38. The van der Waals surface area contributed by atoms with Crippen molar-refractivity contribution in [2.24, 2.45) is 0 Å². The number of benzene rings is 1. The van der Waals surface area contributed by atoms with Crippen molar-refractivity contribution in [2.45, 2.75) is 37.5 Å². The molecule has 0 aromatic heterocycles. The first-order valence-corrected chi connectivity index (χ1v) is 9.57. The highest BCUT2D eigenvalue weighted by molar-refractivity contribution is 5.98. The Morgan fingerprint density at radius 2 is 2.17 bits per heavy atom. The van der Waals surface area contributed by atoms with Gasteiger partial charge in [-0.25, -0.2) is 4.39 Å². The second-order valence-electron chi connectivity index (χ2n) is 7.45. The lowest BCUT2D eigenvalue weighted by Crippen LogP contribution is -2.34. The van der Waals surface area contributed by atoms with Crippen molar-refractivity contribution in [3.05, 3.63) is 64.8 Å². The number of fused-ring (bicyclic) bond motifs is 1. The second-order valence-corrected chi connectivity index (χ2v) is 7.45. The summed E-state index contributed by atoms with van der Waals surface area (Å²) < 4.78 is 19.5. The molecule has 4 rings (SSSR count). The minimum atomic E-state index is -1.08. The first-order chi connectivity index (χ1) is 14.0. The summed E-state index contributed by atoms with van der Waals surface area (Å²) in [6.45, 7) is -0.653. The van der Waals surface area contributed by atoms with E-state index in [1.54, 1.807) is 18.2 Å². The Hall–Kier alpha value is -2.79. The molecule has 0 spiro atoms. The van der Waals surface area contributed by atoms with Gasteiger partial charge in [0.15, 0.2) is 5.78 Å². The quantitative estimate of drug-likeness (QED) is 0.765. The van der Waals surface area contributed by atoms with E-state index >= 15 is 0 Å². The van der Waals surface area contributed by atoms with E-state index in [0.29, 0.717) is 22.4 Å². The van der Waals surface area contributed by atoms with Crippen LogP contribution in [0.3, 0.4) is 0 Å². The molecule has 0 bridgehead atoms. The molecule has 7 heteroatoms. The zero-order chi connectivity index (χ0) is 20.5. The van der Waals surface area contributed by atoms with Gasteiger partial charge in [-0.15, -0.1) is 0 Å². The summed E-state index contributed by atoms with van der Waals surface area (Å²) in [5.41, 5.74) is 3.01. The van der Waals surface area contributed by atoms with Crippen LogP contribution in [0, 0.1) is 17.1 Å². The summed E-state index contributed by atoms with van der Waals surface area (Å²) in [6, 6.07) is 8.53. The van der Waals surface area contributed by atoms with E-state index in [4.69, 9.17) is 9.84 Å². The van der Waals surface area contributed by atoms with Crippen LogP contribution in [0.4, 0.5) is 4.39 Å². The number of halogens is 1. The lowest BCUT2D eigenvalue weighted by Gasteiger charge is -2.34. The molecule has 29 heavy (non-hydrogen) atoms. The summed E-state index contributed by atoms with van der Waals surface area (Å²) in [6.07, 6.45) is 3.53. The Bertz CT molecular complexity index is 971. The lowest BCUT2D eigenvalue weighted by molar-refractivity contribution is -0.129. The topological polar surface area (TPSA) is 93.8 Å². The molecule has 2 unspecified atom stereocenters. The average Bonchev–Trinajstić information content (AvgIpc) is 3.55. The highest BCUT2D eigenvalue weighted by Crippen LogP contribution is 2.44. The number of carbonyl (C=O) groups is 1. The van der Waals surface area contributed by atoms with Gasteiger partial charge in [0.1, 0.15) is 29.8 Å². The number of hydrogen-bond acceptors (Lipinski definition) is 6. The molecule has 2 aliphatic carbocycles. The summed E-state index contributed by atoms with van der Waals surface area (Å²) in [5, 5.41) is 28.4. The normalized spacial score (nSPS) is 22.6. The van der Waals surface area contributed by atoms with E-state index in [1.165, 1.54) is 12.1 Å². The standard InChI is InChI=1S/C22H21FN2O4/c23-15-3-1-2-13(6-15)22-18-8-21(29-12-17(27)11-26)20(28)7-14(18)10-25(16-4-5-16)19(22)9-24/h1-3,6,8,10,16-17,21,26-27H,4-5,7,11-12H2. The fourth-order valence-corrected chi connectivity index (χ4v) is 3.68. The van der Waals surface area contributed by atoms with E-state index < -0.39 is 24.6 Å². The van der Waals surface area contributed by atoms with Gasteiger partial charge in [0.25, 0.3) is 0 Å². The molecule has 1 heterocycles. The van der Waals surface area contributed by atoms with Crippen LogP contribution in [-0.2, 0) is 9.53 Å². The van der Waals surface area contributed by atoms with Gasteiger partial charge in [-0.05, 0) is 47.8 Å². The molecular formula is C22H21FN2O4. The van der Waals surface area contributed by atoms with Gasteiger partial charge in [0.2, 0.25) is 0 Å². The Labute approximate surface area is 167 Å². The van der Waals surface area contributed by atoms with Crippen molar-refractivity contribution in [2.75, 3.05) is 13.2 Å². The number of ether oxygens (including phenoxy) is 1. The van der Waals surface area contributed by atoms with Crippen molar-refractivity contribution in [1.29, 1.82) is 5.26 Å². The van der Waals surface area contributed by atoms with Crippen LogP contribution in [0.15, 0.2) is 53.4 Å². The lowest BCUT2D eigenvalue weighted by atomic mass is 9.81. The molecule has 2 N–H and O–H groups in total. The number of aliphatic hydroxyl groups excluding tert-OH is 2. The number of rotatable bonds is 6. The minimum absolute atomic E-state index is 0.118. The van der Waals surface area contributed by atoms with Crippen LogP contribution in [0.1, 0.15) is 24.8 Å². The molecule has 6 nitrogen and oxygen atoms in total. The van der Waals surface area contributed by atoms with Gasteiger partial charge in [-0.2, -0.15) is 5.26 Å². The number of allylic oxidation sites excluding steroid dienone is 4. The van der Waals surface area contributed by atoms with Gasteiger partial charge >= 0.3 is 0 Å². The van der Waals surface area contributed by atoms with E-state index in [2.05, 4.69) is 6.07 Å². The zero-order valence-electron chi connectivity index (χ0n) is 15.7. The molecule has 150 valence electrons. The number of nitriles is 1. The Morgan fingerprint density at radius 1 is 1.38 bits per heavy atom. The molecule has 1 aromatic rings.